The average Bonchev–Trinajstić information content (AvgIpc) is 3.33. The number of hydrogen-bond acceptors (Lipinski definition) is 2. The number of para-hydroxylation sites is 2. The van der Waals surface area contributed by atoms with Crippen molar-refractivity contribution in [3.8, 4) is 0 Å². The number of imidazole rings is 1. The molecule has 2 aromatic carbocycles. The van der Waals surface area contributed by atoms with E-state index < -0.39 is 0 Å². The SMILES string of the molecule is O=C1CC(c2nc3ccccc3n2Cc2ccc(Br)cc2)CN1C1CC1. The van der Waals surface area contributed by atoms with Gasteiger partial charge in [0.05, 0.1) is 11.0 Å². The predicted molar refractivity (Wildman–Crippen MR) is 105 cm³/mol. The molecule has 1 saturated carbocycles. The van der Waals surface area contributed by atoms with Crippen molar-refractivity contribution in [3.05, 3.63) is 64.4 Å². The number of fused-ring (bicyclic) bond motifs is 1. The highest BCUT2D eigenvalue weighted by Crippen LogP contribution is 2.37. The molecular weight excluding hydrogens is 390 g/mol. The number of carbonyl (C=O) groups excluding carboxylic acids is 1. The number of hydrogen-bond donors (Lipinski definition) is 0. The van der Waals surface area contributed by atoms with Gasteiger partial charge in [-0.3, -0.25) is 4.79 Å². The molecule has 0 radical (unpaired) electrons. The third-order valence-corrected chi connectivity index (χ3v) is 5.98. The summed E-state index contributed by atoms with van der Waals surface area (Å²) in [6, 6.07) is 17.2. The fourth-order valence-electron chi connectivity index (χ4n) is 3.99. The number of halogens is 1. The van der Waals surface area contributed by atoms with E-state index in [0.717, 1.165) is 47.3 Å². The van der Waals surface area contributed by atoms with Crippen LogP contribution in [0.1, 0.15) is 36.6 Å². The Labute approximate surface area is 161 Å². The summed E-state index contributed by atoms with van der Waals surface area (Å²) < 4.78 is 3.38. The van der Waals surface area contributed by atoms with Gasteiger partial charge in [0, 0.05) is 35.9 Å². The summed E-state index contributed by atoms with van der Waals surface area (Å²) in [5.74, 6) is 1.52. The lowest BCUT2D eigenvalue weighted by molar-refractivity contribution is -0.128. The lowest BCUT2D eigenvalue weighted by Crippen LogP contribution is -2.27. The first-order valence-corrected chi connectivity index (χ1v) is 9.97. The van der Waals surface area contributed by atoms with Crippen molar-refractivity contribution in [2.45, 2.75) is 37.8 Å². The van der Waals surface area contributed by atoms with Crippen molar-refractivity contribution in [3.63, 3.8) is 0 Å². The van der Waals surface area contributed by atoms with Gasteiger partial charge in [0.25, 0.3) is 0 Å². The lowest BCUT2D eigenvalue weighted by atomic mass is 10.1. The molecule has 1 unspecified atom stereocenters. The van der Waals surface area contributed by atoms with Crippen molar-refractivity contribution in [2.24, 2.45) is 0 Å². The molecule has 0 bridgehead atoms. The Hall–Kier alpha value is -2.14. The molecule has 1 aromatic heterocycles. The van der Waals surface area contributed by atoms with E-state index in [1.807, 2.05) is 6.07 Å². The van der Waals surface area contributed by atoms with Crippen LogP contribution in [0.25, 0.3) is 11.0 Å². The van der Waals surface area contributed by atoms with Gasteiger partial charge in [-0.15, -0.1) is 0 Å². The first-order valence-electron chi connectivity index (χ1n) is 9.18. The first-order chi connectivity index (χ1) is 12.7. The van der Waals surface area contributed by atoms with E-state index in [-0.39, 0.29) is 5.92 Å². The smallest absolute Gasteiger partial charge is 0.223 e. The quantitative estimate of drug-likeness (QED) is 0.643. The Bertz CT molecular complexity index is 975. The van der Waals surface area contributed by atoms with E-state index in [2.05, 4.69) is 67.9 Å². The van der Waals surface area contributed by atoms with Crippen LogP contribution < -0.4 is 0 Å². The molecule has 2 aliphatic rings. The molecule has 2 fully saturated rings. The van der Waals surface area contributed by atoms with Crippen LogP contribution in [-0.2, 0) is 11.3 Å². The van der Waals surface area contributed by atoms with E-state index >= 15 is 0 Å². The second-order valence-electron chi connectivity index (χ2n) is 7.35. The topological polar surface area (TPSA) is 38.1 Å². The van der Waals surface area contributed by atoms with Gasteiger partial charge in [0.2, 0.25) is 5.91 Å². The average molecular weight is 410 g/mol. The summed E-state index contributed by atoms with van der Waals surface area (Å²) in [6.45, 7) is 1.59. The summed E-state index contributed by atoms with van der Waals surface area (Å²) in [7, 11) is 0. The number of nitrogens with zero attached hydrogens (tertiary/aromatic N) is 3. The number of likely N-dealkylation sites (tertiary alicyclic amines) is 1. The molecule has 1 saturated heterocycles. The molecule has 1 aliphatic carbocycles. The highest BCUT2D eigenvalue weighted by Gasteiger charge is 2.41. The largest absolute Gasteiger partial charge is 0.339 e. The fraction of sp³-hybridized carbons (Fsp3) is 0.333. The van der Waals surface area contributed by atoms with Crippen molar-refractivity contribution in [1.82, 2.24) is 14.5 Å². The van der Waals surface area contributed by atoms with Crippen LogP contribution in [-0.4, -0.2) is 32.9 Å². The van der Waals surface area contributed by atoms with E-state index in [0.29, 0.717) is 18.4 Å². The zero-order valence-corrected chi connectivity index (χ0v) is 16.0. The summed E-state index contributed by atoms with van der Waals surface area (Å²) in [5, 5.41) is 0. The van der Waals surface area contributed by atoms with Crippen LogP contribution in [0, 0.1) is 0 Å². The summed E-state index contributed by atoms with van der Waals surface area (Å²) >= 11 is 3.50. The highest BCUT2D eigenvalue weighted by atomic mass is 79.9. The zero-order chi connectivity index (χ0) is 17.7. The molecule has 1 amide bonds. The number of carbonyl (C=O) groups is 1. The van der Waals surface area contributed by atoms with Crippen LogP contribution in [0.4, 0.5) is 0 Å². The second-order valence-corrected chi connectivity index (χ2v) is 8.27. The van der Waals surface area contributed by atoms with Gasteiger partial charge < -0.3 is 9.47 Å². The first kappa shape index (κ1) is 16.1. The maximum atomic E-state index is 12.4. The molecule has 4 nitrogen and oxygen atoms in total. The Balaban J connectivity index is 1.54. The highest BCUT2D eigenvalue weighted by molar-refractivity contribution is 9.10. The molecule has 132 valence electrons. The molecular formula is C21H20BrN3O. The Morgan fingerprint density at radius 3 is 2.62 bits per heavy atom. The number of benzene rings is 2. The van der Waals surface area contributed by atoms with E-state index in [9.17, 15) is 4.79 Å². The number of aromatic nitrogens is 2. The van der Waals surface area contributed by atoms with Crippen molar-refractivity contribution in [1.29, 1.82) is 0 Å². The molecule has 5 rings (SSSR count). The van der Waals surface area contributed by atoms with Gasteiger partial charge in [-0.05, 0) is 42.7 Å². The summed E-state index contributed by atoms with van der Waals surface area (Å²) in [4.78, 5) is 19.5. The number of amides is 1. The van der Waals surface area contributed by atoms with E-state index in [1.54, 1.807) is 0 Å². The van der Waals surface area contributed by atoms with Gasteiger partial charge in [0.15, 0.2) is 0 Å². The van der Waals surface area contributed by atoms with Crippen LogP contribution in [0.2, 0.25) is 0 Å². The molecule has 0 spiro atoms. The fourth-order valence-corrected chi connectivity index (χ4v) is 4.25. The van der Waals surface area contributed by atoms with Gasteiger partial charge >= 0.3 is 0 Å². The van der Waals surface area contributed by atoms with Gasteiger partial charge in [-0.25, -0.2) is 4.98 Å². The summed E-state index contributed by atoms with van der Waals surface area (Å²) in [5.41, 5.74) is 3.39. The Kier molecular flexibility index (Phi) is 3.85. The molecule has 3 aromatic rings. The Morgan fingerprint density at radius 2 is 1.85 bits per heavy atom. The van der Waals surface area contributed by atoms with Crippen LogP contribution in [0.15, 0.2) is 53.0 Å². The van der Waals surface area contributed by atoms with Crippen molar-refractivity contribution < 1.29 is 4.79 Å². The standard InChI is InChI=1S/C21H20BrN3O/c22-16-7-5-14(6-8-16)12-25-19-4-2-1-3-18(19)23-21(25)15-11-20(26)24(13-15)17-9-10-17/h1-8,15,17H,9-13H2. The van der Waals surface area contributed by atoms with Gasteiger partial charge in [-0.1, -0.05) is 40.2 Å². The minimum Gasteiger partial charge on any atom is -0.339 e. The molecule has 1 aliphatic heterocycles. The Morgan fingerprint density at radius 1 is 1.08 bits per heavy atom. The van der Waals surface area contributed by atoms with Crippen LogP contribution >= 0.6 is 15.9 Å². The molecule has 0 N–H and O–H groups in total. The van der Waals surface area contributed by atoms with Crippen molar-refractivity contribution in [2.75, 3.05) is 6.54 Å². The summed E-state index contributed by atoms with van der Waals surface area (Å²) in [6.07, 6.45) is 2.90. The minimum absolute atomic E-state index is 0.186. The maximum Gasteiger partial charge on any atom is 0.223 e. The third kappa shape index (κ3) is 2.84. The normalized spacial score (nSPS) is 20.3. The molecule has 1 atom stereocenters. The maximum absolute atomic E-state index is 12.4. The van der Waals surface area contributed by atoms with E-state index in [1.165, 1.54) is 5.56 Å². The van der Waals surface area contributed by atoms with Crippen LogP contribution in [0.3, 0.4) is 0 Å². The lowest BCUT2D eigenvalue weighted by Gasteiger charge is -2.16. The third-order valence-electron chi connectivity index (χ3n) is 5.45. The molecule has 5 heteroatoms. The van der Waals surface area contributed by atoms with Crippen molar-refractivity contribution >= 4 is 32.9 Å². The minimum atomic E-state index is 0.186. The van der Waals surface area contributed by atoms with Gasteiger partial charge in [0.1, 0.15) is 5.82 Å². The van der Waals surface area contributed by atoms with Gasteiger partial charge in [-0.2, -0.15) is 0 Å². The molecule has 2 heterocycles. The van der Waals surface area contributed by atoms with E-state index in [4.69, 9.17) is 4.98 Å². The van der Waals surface area contributed by atoms with Crippen LogP contribution in [0.5, 0.6) is 0 Å². The monoisotopic (exact) mass is 409 g/mol. The molecule has 26 heavy (non-hydrogen) atoms. The predicted octanol–water partition coefficient (Wildman–Crippen LogP) is 4.33. The zero-order valence-electron chi connectivity index (χ0n) is 14.4. The number of rotatable bonds is 4. The second kappa shape index (κ2) is 6.23.